The first-order valence-corrected chi connectivity index (χ1v) is 13.9. The Labute approximate surface area is 235 Å². The lowest BCUT2D eigenvalue weighted by Crippen LogP contribution is -2.19. The largest absolute Gasteiger partial charge is 0.573 e. The van der Waals surface area contributed by atoms with Crippen LogP contribution in [-0.4, -0.2) is 13.0 Å². The van der Waals surface area contributed by atoms with Gasteiger partial charge in [0.15, 0.2) is 11.6 Å². The first-order valence-electron chi connectivity index (χ1n) is 13.9. The van der Waals surface area contributed by atoms with Crippen LogP contribution in [0.25, 0.3) is 22.3 Å². The normalized spacial score (nSPS) is 17.1. The van der Waals surface area contributed by atoms with E-state index in [-0.39, 0.29) is 17.8 Å². The smallest absolute Gasteiger partial charge is 0.399 e. The van der Waals surface area contributed by atoms with Crippen LogP contribution in [-0.2, 0) is 0 Å². The topological polar surface area (TPSA) is 9.23 Å². The average Bonchev–Trinajstić information content (AvgIpc) is 2.92. The zero-order valence-corrected chi connectivity index (χ0v) is 22.9. The molecule has 0 spiro atoms. The van der Waals surface area contributed by atoms with Gasteiger partial charge < -0.3 is 4.74 Å². The van der Waals surface area contributed by atoms with Crippen LogP contribution in [0.4, 0.5) is 35.1 Å². The van der Waals surface area contributed by atoms with Crippen molar-refractivity contribution in [2.45, 2.75) is 71.1 Å². The molecule has 1 nitrogen and oxygen atoms in total. The fraction of sp³-hybridized carbons (Fsp3) is 0.438. The van der Waals surface area contributed by atoms with Crippen LogP contribution < -0.4 is 4.74 Å². The predicted octanol–water partition coefficient (Wildman–Crippen LogP) is 11.2. The Morgan fingerprint density at radius 2 is 1.22 bits per heavy atom. The summed E-state index contributed by atoms with van der Waals surface area (Å²) in [6.07, 6.45) is 6.43. The summed E-state index contributed by atoms with van der Waals surface area (Å²) in [4.78, 5) is 0. The standard InChI is InChI=1S/C19H9F7O.C13H25F/c20-13-4-1-10(2-5-13)11-3-6-14(15(21)7-11)12-8-16(22)18(17(23)9-12)27-19(24,25)26;1-2-3-4-5-12-6-8-13(9-7-12)10-11-14/h1-9H;12-13H,2-11H2,1H3. The van der Waals surface area contributed by atoms with Crippen LogP contribution in [0, 0.1) is 35.1 Å². The summed E-state index contributed by atoms with van der Waals surface area (Å²) >= 11 is 0. The predicted molar refractivity (Wildman–Crippen MR) is 144 cm³/mol. The van der Waals surface area contributed by atoms with E-state index in [2.05, 4.69) is 11.7 Å². The molecular formula is C32H34F8O. The van der Waals surface area contributed by atoms with Crippen molar-refractivity contribution in [1.29, 1.82) is 0 Å². The number of hydrogen-bond acceptors (Lipinski definition) is 1. The van der Waals surface area contributed by atoms with Gasteiger partial charge in [-0.1, -0.05) is 82.6 Å². The molecule has 0 atom stereocenters. The molecule has 0 N–H and O–H groups in total. The second kappa shape index (κ2) is 15.2. The number of ether oxygens (including phenoxy) is 1. The van der Waals surface area contributed by atoms with Gasteiger partial charge in [0, 0.05) is 5.56 Å². The fourth-order valence-corrected chi connectivity index (χ4v) is 5.15. The molecule has 1 aliphatic rings. The summed E-state index contributed by atoms with van der Waals surface area (Å²) in [5.41, 5.74) is 0.363. The van der Waals surface area contributed by atoms with Crippen LogP contribution in [0.15, 0.2) is 54.6 Å². The van der Waals surface area contributed by atoms with E-state index < -0.39 is 35.4 Å². The molecular weight excluding hydrogens is 552 g/mol. The van der Waals surface area contributed by atoms with Crippen molar-refractivity contribution < 1.29 is 39.9 Å². The highest BCUT2D eigenvalue weighted by Gasteiger charge is 2.34. The zero-order chi connectivity index (χ0) is 30.0. The zero-order valence-electron chi connectivity index (χ0n) is 22.9. The molecule has 0 saturated heterocycles. The third-order valence-corrected chi connectivity index (χ3v) is 7.37. The van der Waals surface area contributed by atoms with Crippen LogP contribution >= 0.6 is 0 Å². The Morgan fingerprint density at radius 3 is 1.73 bits per heavy atom. The van der Waals surface area contributed by atoms with Crippen molar-refractivity contribution in [2.24, 2.45) is 11.8 Å². The average molecular weight is 587 g/mol. The molecule has 1 fully saturated rings. The molecule has 0 bridgehead atoms. The van der Waals surface area contributed by atoms with Crippen LogP contribution in [0.1, 0.15) is 64.7 Å². The number of hydrogen-bond donors (Lipinski definition) is 0. The third kappa shape index (κ3) is 10.0. The van der Waals surface area contributed by atoms with Crippen molar-refractivity contribution in [1.82, 2.24) is 0 Å². The van der Waals surface area contributed by atoms with Gasteiger partial charge in [0.2, 0.25) is 5.75 Å². The number of halogens is 8. The van der Waals surface area contributed by atoms with Gasteiger partial charge in [-0.2, -0.15) is 0 Å². The number of rotatable bonds is 9. The highest BCUT2D eigenvalue weighted by atomic mass is 19.4. The summed E-state index contributed by atoms with van der Waals surface area (Å²) in [7, 11) is 0. The maximum atomic E-state index is 14.4. The van der Waals surface area contributed by atoms with Crippen molar-refractivity contribution in [3.63, 3.8) is 0 Å². The maximum Gasteiger partial charge on any atom is 0.573 e. The lowest BCUT2D eigenvalue weighted by atomic mass is 9.79. The Bertz CT molecular complexity index is 1210. The molecule has 4 rings (SSSR count). The van der Waals surface area contributed by atoms with Crippen molar-refractivity contribution in [3.05, 3.63) is 77.9 Å². The van der Waals surface area contributed by atoms with Crippen molar-refractivity contribution in [3.8, 4) is 28.0 Å². The molecule has 1 saturated carbocycles. The molecule has 1 aliphatic carbocycles. The summed E-state index contributed by atoms with van der Waals surface area (Å²) in [6.45, 7) is 2.16. The van der Waals surface area contributed by atoms with Gasteiger partial charge in [-0.15, -0.1) is 13.2 Å². The van der Waals surface area contributed by atoms with Gasteiger partial charge in [-0.3, -0.25) is 4.39 Å². The highest BCUT2D eigenvalue weighted by Crippen LogP contribution is 2.35. The maximum absolute atomic E-state index is 14.4. The highest BCUT2D eigenvalue weighted by molar-refractivity contribution is 5.71. The molecule has 224 valence electrons. The van der Waals surface area contributed by atoms with Gasteiger partial charge in [-0.25, -0.2) is 17.6 Å². The number of benzene rings is 3. The van der Waals surface area contributed by atoms with Gasteiger partial charge in [0.25, 0.3) is 0 Å². The molecule has 3 aromatic carbocycles. The van der Waals surface area contributed by atoms with E-state index in [1.54, 1.807) is 0 Å². The van der Waals surface area contributed by atoms with Crippen LogP contribution in [0.2, 0.25) is 0 Å². The minimum Gasteiger partial charge on any atom is -0.399 e. The molecule has 9 heteroatoms. The molecule has 0 radical (unpaired) electrons. The molecule has 3 aromatic rings. The van der Waals surface area contributed by atoms with E-state index in [0.29, 0.717) is 29.2 Å². The summed E-state index contributed by atoms with van der Waals surface area (Å²) in [5.74, 6) is -4.51. The van der Waals surface area contributed by atoms with E-state index in [1.165, 1.54) is 87.8 Å². The molecule has 0 amide bonds. The number of unbranched alkanes of at least 4 members (excludes halogenated alkanes) is 2. The summed E-state index contributed by atoms with van der Waals surface area (Å²) in [5, 5.41) is 0. The molecule has 0 aromatic heterocycles. The van der Waals surface area contributed by atoms with Gasteiger partial charge in [-0.05, 0) is 65.3 Å². The Kier molecular flexibility index (Phi) is 12.0. The summed E-state index contributed by atoms with van der Waals surface area (Å²) in [6, 6.07) is 10.0. The van der Waals surface area contributed by atoms with E-state index in [9.17, 15) is 35.1 Å². The lowest BCUT2D eigenvalue weighted by Gasteiger charge is -2.27. The second-order valence-electron chi connectivity index (χ2n) is 10.4. The second-order valence-corrected chi connectivity index (χ2v) is 10.4. The van der Waals surface area contributed by atoms with E-state index in [4.69, 9.17) is 0 Å². The van der Waals surface area contributed by atoms with E-state index in [0.717, 1.165) is 18.4 Å². The molecule has 0 heterocycles. The van der Waals surface area contributed by atoms with E-state index >= 15 is 0 Å². The third-order valence-electron chi connectivity index (χ3n) is 7.37. The Hall–Kier alpha value is -3.10. The minimum atomic E-state index is -5.27. The summed E-state index contributed by atoms with van der Waals surface area (Å²) < 4.78 is 107. The van der Waals surface area contributed by atoms with Crippen molar-refractivity contribution in [2.75, 3.05) is 6.67 Å². The number of alkyl halides is 4. The fourth-order valence-electron chi connectivity index (χ4n) is 5.15. The first kappa shape index (κ1) is 32.4. The van der Waals surface area contributed by atoms with Crippen molar-refractivity contribution >= 4 is 0 Å². The quantitative estimate of drug-likeness (QED) is 0.179. The monoisotopic (exact) mass is 586 g/mol. The van der Waals surface area contributed by atoms with Gasteiger partial charge >= 0.3 is 6.36 Å². The molecule has 41 heavy (non-hydrogen) atoms. The first-order chi connectivity index (χ1) is 19.5. The minimum absolute atomic E-state index is 0.106. The molecule has 0 aliphatic heterocycles. The van der Waals surface area contributed by atoms with E-state index in [1.807, 2.05) is 0 Å². The van der Waals surface area contributed by atoms with Gasteiger partial charge in [0.1, 0.15) is 11.6 Å². The molecule has 0 unspecified atom stereocenters. The lowest BCUT2D eigenvalue weighted by molar-refractivity contribution is -0.276. The Morgan fingerprint density at radius 1 is 0.683 bits per heavy atom. The SMILES string of the molecule is CCCCCC1CCC(CCF)CC1.Fc1ccc(-c2ccc(-c3cc(F)c(OC(F)(F)F)c(F)c3)c(F)c2)cc1. The Balaban J connectivity index is 0.000000278. The van der Waals surface area contributed by atoms with Crippen LogP contribution in [0.3, 0.4) is 0 Å². The van der Waals surface area contributed by atoms with Crippen LogP contribution in [0.5, 0.6) is 5.75 Å². The van der Waals surface area contributed by atoms with Gasteiger partial charge in [0.05, 0.1) is 6.67 Å².